The van der Waals surface area contributed by atoms with Gasteiger partial charge in [0, 0.05) is 6.42 Å². The standard InChI is InChI=1S/C15H25NO/c1-5-13-9-6-7-10-14(13)17-12-8-11-16-15(2,3)4/h6-7,9-10,16H,5,8,11-12H2,1-4H3/p+1. The van der Waals surface area contributed by atoms with Crippen LogP contribution in [0.1, 0.15) is 39.7 Å². The Kier molecular flexibility index (Phi) is 5.49. The van der Waals surface area contributed by atoms with Crippen LogP contribution in [0.3, 0.4) is 0 Å². The average molecular weight is 236 g/mol. The summed E-state index contributed by atoms with van der Waals surface area (Å²) in [4.78, 5) is 0. The van der Waals surface area contributed by atoms with Crippen LogP contribution >= 0.6 is 0 Å². The summed E-state index contributed by atoms with van der Waals surface area (Å²) in [5.74, 6) is 1.05. The second kappa shape index (κ2) is 6.65. The number of ether oxygens (including phenoxy) is 1. The van der Waals surface area contributed by atoms with Crippen LogP contribution in [-0.2, 0) is 6.42 Å². The molecule has 2 nitrogen and oxygen atoms in total. The molecule has 1 aromatic rings. The summed E-state index contributed by atoms with van der Waals surface area (Å²) in [5, 5.41) is 2.36. The minimum atomic E-state index is 0.321. The van der Waals surface area contributed by atoms with Crippen molar-refractivity contribution in [2.45, 2.75) is 46.1 Å². The van der Waals surface area contributed by atoms with E-state index in [1.165, 1.54) is 5.56 Å². The molecule has 0 saturated carbocycles. The SMILES string of the molecule is CCc1ccccc1OCCC[NH2+]C(C)(C)C. The average Bonchev–Trinajstić information content (AvgIpc) is 2.27. The summed E-state index contributed by atoms with van der Waals surface area (Å²) < 4.78 is 5.82. The largest absolute Gasteiger partial charge is 0.493 e. The first-order valence-electron chi connectivity index (χ1n) is 6.58. The Morgan fingerprint density at radius 2 is 1.88 bits per heavy atom. The molecule has 0 atom stereocenters. The number of hydrogen-bond acceptors (Lipinski definition) is 1. The van der Waals surface area contributed by atoms with Crippen molar-refractivity contribution >= 4 is 0 Å². The summed E-state index contributed by atoms with van der Waals surface area (Å²) in [6, 6.07) is 8.30. The van der Waals surface area contributed by atoms with Crippen LogP contribution in [0.15, 0.2) is 24.3 Å². The molecule has 0 unspecified atom stereocenters. The van der Waals surface area contributed by atoms with Gasteiger partial charge in [0.05, 0.1) is 18.7 Å². The number of benzene rings is 1. The molecule has 0 bridgehead atoms. The Morgan fingerprint density at radius 1 is 1.18 bits per heavy atom. The first-order chi connectivity index (χ1) is 8.03. The lowest BCUT2D eigenvalue weighted by atomic mass is 10.1. The third-order valence-electron chi connectivity index (χ3n) is 2.72. The fourth-order valence-corrected chi connectivity index (χ4v) is 1.74. The van der Waals surface area contributed by atoms with Crippen molar-refractivity contribution in [3.63, 3.8) is 0 Å². The number of nitrogens with two attached hydrogens (primary N) is 1. The number of quaternary nitrogens is 1. The van der Waals surface area contributed by atoms with Gasteiger partial charge in [0.15, 0.2) is 0 Å². The van der Waals surface area contributed by atoms with E-state index in [-0.39, 0.29) is 0 Å². The van der Waals surface area contributed by atoms with E-state index in [1.54, 1.807) is 0 Å². The van der Waals surface area contributed by atoms with Crippen LogP contribution in [0.4, 0.5) is 0 Å². The molecule has 17 heavy (non-hydrogen) atoms. The molecule has 0 aliphatic heterocycles. The zero-order chi connectivity index (χ0) is 12.7. The van der Waals surface area contributed by atoms with E-state index < -0.39 is 0 Å². The van der Waals surface area contributed by atoms with Crippen LogP contribution in [0.25, 0.3) is 0 Å². The van der Waals surface area contributed by atoms with Gasteiger partial charge in [-0.2, -0.15) is 0 Å². The maximum Gasteiger partial charge on any atom is 0.122 e. The molecule has 0 radical (unpaired) electrons. The third-order valence-corrected chi connectivity index (χ3v) is 2.72. The predicted octanol–water partition coefficient (Wildman–Crippen LogP) is 2.38. The van der Waals surface area contributed by atoms with Gasteiger partial charge in [0.25, 0.3) is 0 Å². The van der Waals surface area contributed by atoms with Gasteiger partial charge in [0.1, 0.15) is 5.75 Å². The van der Waals surface area contributed by atoms with E-state index in [0.29, 0.717) is 5.54 Å². The van der Waals surface area contributed by atoms with Gasteiger partial charge >= 0.3 is 0 Å². The lowest BCUT2D eigenvalue weighted by molar-refractivity contribution is -0.717. The van der Waals surface area contributed by atoms with Crippen molar-refractivity contribution in [3.05, 3.63) is 29.8 Å². The summed E-state index contributed by atoms with van der Waals surface area (Å²) in [7, 11) is 0. The van der Waals surface area contributed by atoms with E-state index in [4.69, 9.17) is 4.74 Å². The minimum Gasteiger partial charge on any atom is -0.493 e. The maximum absolute atomic E-state index is 5.82. The number of rotatable bonds is 6. The molecule has 0 aliphatic carbocycles. The van der Waals surface area contributed by atoms with Crippen LogP contribution < -0.4 is 10.1 Å². The molecule has 0 aliphatic rings. The van der Waals surface area contributed by atoms with E-state index in [9.17, 15) is 0 Å². The van der Waals surface area contributed by atoms with E-state index in [2.05, 4.69) is 51.2 Å². The molecule has 2 heteroatoms. The van der Waals surface area contributed by atoms with Crippen molar-refractivity contribution in [3.8, 4) is 5.75 Å². The predicted molar refractivity (Wildman–Crippen MR) is 72.5 cm³/mol. The molecular weight excluding hydrogens is 210 g/mol. The Hall–Kier alpha value is -1.02. The smallest absolute Gasteiger partial charge is 0.122 e. The topological polar surface area (TPSA) is 25.8 Å². The molecule has 0 heterocycles. The summed E-state index contributed by atoms with van der Waals surface area (Å²) >= 11 is 0. The molecule has 0 aromatic heterocycles. The van der Waals surface area contributed by atoms with Crippen molar-refractivity contribution < 1.29 is 10.1 Å². The van der Waals surface area contributed by atoms with E-state index in [1.807, 2.05) is 6.07 Å². The Balaban J connectivity index is 2.27. The Labute approximate surface area is 105 Å². The highest BCUT2D eigenvalue weighted by molar-refractivity contribution is 5.33. The van der Waals surface area contributed by atoms with Gasteiger partial charge in [-0.05, 0) is 38.8 Å². The van der Waals surface area contributed by atoms with Crippen LogP contribution in [0.2, 0.25) is 0 Å². The summed E-state index contributed by atoms with van der Waals surface area (Å²) in [6.45, 7) is 10.8. The first-order valence-corrected chi connectivity index (χ1v) is 6.58. The molecule has 96 valence electrons. The van der Waals surface area contributed by atoms with Crippen LogP contribution in [-0.4, -0.2) is 18.7 Å². The van der Waals surface area contributed by atoms with Gasteiger partial charge in [-0.15, -0.1) is 0 Å². The van der Waals surface area contributed by atoms with Gasteiger partial charge < -0.3 is 10.1 Å². The van der Waals surface area contributed by atoms with Crippen LogP contribution in [0, 0.1) is 0 Å². The third kappa shape index (κ3) is 5.73. The molecule has 0 amide bonds. The maximum atomic E-state index is 5.82. The van der Waals surface area contributed by atoms with Gasteiger partial charge in [-0.3, -0.25) is 0 Å². The number of para-hydroxylation sites is 1. The Morgan fingerprint density at radius 3 is 2.53 bits per heavy atom. The zero-order valence-electron chi connectivity index (χ0n) is 11.6. The van der Waals surface area contributed by atoms with Gasteiger partial charge in [-0.1, -0.05) is 25.1 Å². The first kappa shape index (κ1) is 14.0. The van der Waals surface area contributed by atoms with Crippen molar-refractivity contribution in [2.75, 3.05) is 13.2 Å². The minimum absolute atomic E-state index is 0.321. The zero-order valence-corrected chi connectivity index (χ0v) is 11.6. The van der Waals surface area contributed by atoms with Crippen LogP contribution in [0.5, 0.6) is 5.75 Å². The van der Waals surface area contributed by atoms with Crippen molar-refractivity contribution in [1.29, 1.82) is 0 Å². The molecular formula is C15H26NO+. The Bertz CT molecular complexity index is 328. The molecule has 1 aromatic carbocycles. The lowest BCUT2D eigenvalue weighted by Crippen LogP contribution is -2.94. The molecule has 0 spiro atoms. The second-order valence-electron chi connectivity index (χ2n) is 5.52. The lowest BCUT2D eigenvalue weighted by Gasteiger charge is -2.17. The molecule has 1 rings (SSSR count). The molecule has 2 N–H and O–H groups in total. The summed E-state index contributed by atoms with van der Waals surface area (Å²) in [5.41, 5.74) is 1.62. The second-order valence-corrected chi connectivity index (χ2v) is 5.52. The highest BCUT2D eigenvalue weighted by atomic mass is 16.5. The molecule has 0 fully saturated rings. The quantitative estimate of drug-likeness (QED) is 0.754. The van der Waals surface area contributed by atoms with Crippen molar-refractivity contribution in [1.82, 2.24) is 0 Å². The van der Waals surface area contributed by atoms with Gasteiger partial charge in [0.2, 0.25) is 0 Å². The molecule has 0 saturated heterocycles. The van der Waals surface area contributed by atoms with Gasteiger partial charge in [-0.25, -0.2) is 0 Å². The number of hydrogen-bond donors (Lipinski definition) is 1. The highest BCUT2D eigenvalue weighted by Gasteiger charge is 2.11. The van der Waals surface area contributed by atoms with E-state index >= 15 is 0 Å². The monoisotopic (exact) mass is 236 g/mol. The fourth-order valence-electron chi connectivity index (χ4n) is 1.74. The highest BCUT2D eigenvalue weighted by Crippen LogP contribution is 2.18. The summed E-state index contributed by atoms with van der Waals surface area (Å²) in [6.07, 6.45) is 2.12. The number of aryl methyl sites for hydroxylation is 1. The van der Waals surface area contributed by atoms with E-state index in [0.717, 1.165) is 31.7 Å². The van der Waals surface area contributed by atoms with Crippen molar-refractivity contribution in [2.24, 2.45) is 0 Å². The fraction of sp³-hybridized carbons (Fsp3) is 0.600. The normalized spacial score (nSPS) is 11.5.